The molecule has 2 aliphatic heterocycles. The van der Waals surface area contributed by atoms with Gasteiger partial charge in [-0.15, -0.1) is 11.8 Å². The van der Waals surface area contributed by atoms with Gasteiger partial charge in [0.2, 0.25) is 0 Å². The summed E-state index contributed by atoms with van der Waals surface area (Å²) in [5.41, 5.74) is 0. The highest BCUT2D eigenvalue weighted by Crippen LogP contribution is 2.54. The Morgan fingerprint density at radius 3 is 2.64 bits per heavy atom. The molecule has 138 valence electrons. The molecule has 0 aromatic heterocycles. The van der Waals surface area contributed by atoms with E-state index in [1.807, 2.05) is 18.7 Å². The first kappa shape index (κ1) is 17.8. The third kappa shape index (κ3) is 3.37. The van der Waals surface area contributed by atoms with Gasteiger partial charge in [-0.1, -0.05) is 26.3 Å². The Morgan fingerprint density at radius 1 is 1.12 bits per heavy atom. The van der Waals surface area contributed by atoms with E-state index in [0.29, 0.717) is 29.2 Å². The van der Waals surface area contributed by atoms with Crippen LogP contribution in [-0.4, -0.2) is 41.4 Å². The van der Waals surface area contributed by atoms with Gasteiger partial charge in [0.05, 0.1) is 0 Å². The highest BCUT2D eigenvalue weighted by Gasteiger charge is 2.49. The van der Waals surface area contributed by atoms with Crippen molar-refractivity contribution in [3.63, 3.8) is 0 Å². The summed E-state index contributed by atoms with van der Waals surface area (Å²) < 4.78 is 0. The molecule has 6 atom stereocenters. The highest BCUT2D eigenvalue weighted by molar-refractivity contribution is 8.03. The Balaban J connectivity index is 1.48. The molecule has 1 saturated carbocycles. The van der Waals surface area contributed by atoms with Gasteiger partial charge in [0.1, 0.15) is 11.6 Å². The van der Waals surface area contributed by atoms with Crippen molar-refractivity contribution in [2.24, 2.45) is 29.6 Å². The highest BCUT2D eigenvalue weighted by atomic mass is 32.2. The van der Waals surface area contributed by atoms with Crippen LogP contribution in [0.4, 0.5) is 0 Å². The van der Waals surface area contributed by atoms with Crippen LogP contribution in [0.1, 0.15) is 52.4 Å². The van der Waals surface area contributed by atoms with Crippen molar-refractivity contribution < 1.29 is 9.59 Å². The summed E-state index contributed by atoms with van der Waals surface area (Å²) in [6.45, 7) is 7.70. The van der Waals surface area contributed by atoms with Crippen LogP contribution >= 0.6 is 11.8 Å². The smallest absolute Gasteiger partial charge is 0.139 e. The van der Waals surface area contributed by atoms with Crippen molar-refractivity contribution in [3.05, 3.63) is 11.0 Å². The quantitative estimate of drug-likeness (QED) is 0.747. The summed E-state index contributed by atoms with van der Waals surface area (Å²) >= 11 is 2.03. The van der Waals surface area contributed by atoms with Crippen LogP contribution in [0.25, 0.3) is 0 Å². The number of carbonyl (C=O) groups excluding carboxylic acids is 2. The van der Waals surface area contributed by atoms with Crippen LogP contribution in [0.15, 0.2) is 11.0 Å². The van der Waals surface area contributed by atoms with E-state index in [4.69, 9.17) is 0 Å². The van der Waals surface area contributed by atoms with Crippen molar-refractivity contribution in [2.75, 3.05) is 19.6 Å². The normalized spacial score (nSPS) is 42.6. The number of hydrogen-bond acceptors (Lipinski definition) is 4. The van der Waals surface area contributed by atoms with Gasteiger partial charge >= 0.3 is 0 Å². The number of allylic oxidation sites excluding steroid dienone is 2. The van der Waals surface area contributed by atoms with E-state index in [1.165, 1.54) is 50.2 Å². The largest absolute Gasteiger partial charge is 0.302 e. The monoisotopic (exact) mass is 361 g/mol. The average Bonchev–Trinajstić information content (AvgIpc) is 2.96. The number of thioether (sulfide) groups is 1. The Hall–Kier alpha value is -0.610. The molecular weight excluding hydrogens is 330 g/mol. The standard InChI is InChI=1S/C21H31NO2S/c1-13-10-18(23)20-16-7-6-15(12-22-8-4-3-5-9-22)25-19(16)11-17(20)14(2)21(13)24/h11,13-17,20H,3-10,12H2,1-2H3. The first-order valence-electron chi connectivity index (χ1n) is 10.2. The summed E-state index contributed by atoms with van der Waals surface area (Å²) in [6.07, 6.45) is 9.23. The van der Waals surface area contributed by atoms with Crippen molar-refractivity contribution in [3.8, 4) is 0 Å². The first-order valence-corrected chi connectivity index (χ1v) is 11.1. The Morgan fingerprint density at radius 2 is 1.88 bits per heavy atom. The van der Waals surface area contributed by atoms with Crippen LogP contribution in [0.2, 0.25) is 0 Å². The molecule has 2 saturated heterocycles. The molecular formula is C21H31NO2S. The number of fused-ring (bicyclic) bond motifs is 3. The maximum atomic E-state index is 12.8. The fraction of sp³-hybridized carbons (Fsp3) is 0.810. The molecule has 3 nitrogen and oxygen atoms in total. The van der Waals surface area contributed by atoms with E-state index in [0.717, 1.165) is 6.42 Å². The van der Waals surface area contributed by atoms with E-state index in [9.17, 15) is 9.59 Å². The van der Waals surface area contributed by atoms with Gasteiger partial charge in [-0.3, -0.25) is 9.59 Å². The summed E-state index contributed by atoms with van der Waals surface area (Å²) in [4.78, 5) is 29.5. The topological polar surface area (TPSA) is 37.4 Å². The predicted octanol–water partition coefficient (Wildman–Crippen LogP) is 3.93. The number of ketones is 2. The third-order valence-corrected chi connectivity index (χ3v) is 8.40. The van der Waals surface area contributed by atoms with Gasteiger partial charge in [0.25, 0.3) is 0 Å². The van der Waals surface area contributed by atoms with Crippen LogP contribution in [0.5, 0.6) is 0 Å². The zero-order valence-electron chi connectivity index (χ0n) is 15.6. The summed E-state index contributed by atoms with van der Waals surface area (Å²) in [6, 6.07) is 0. The number of hydrogen-bond donors (Lipinski definition) is 0. The summed E-state index contributed by atoms with van der Waals surface area (Å²) in [5, 5.41) is 0.669. The van der Waals surface area contributed by atoms with Gasteiger partial charge in [0, 0.05) is 36.0 Å². The number of nitrogens with zero attached hydrogens (tertiary/aromatic N) is 1. The molecule has 0 aromatic rings. The molecule has 0 N–H and O–H groups in total. The molecule has 0 aromatic carbocycles. The van der Waals surface area contributed by atoms with E-state index in [2.05, 4.69) is 17.9 Å². The molecule has 0 radical (unpaired) electrons. The molecule has 4 heteroatoms. The molecule has 6 unspecified atom stereocenters. The molecule has 2 heterocycles. The molecule has 4 rings (SSSR count). The van der Waals surface area contributed by atoms with Gasteiger partial charge in [-0.25, -0.2) is 0 Å². The second-order valence-electron chi connectivity index (χ2n) is 8.72. The summed E-state index contributed by atoms with van der Waals surface area (Å²) in [5.74, 6) is 1.21. The van der Waals surface area contributed by atoms with Gasteiger partial charge < -0.3 is 4.90 Å². The van der Waals surface area contributed by atoms with Crippen molar-refractivity contribution in [1.29, 1.82) is 0 Å². The maximum absolute atomic E-state index is 12.8. The van der Waals surface area contributed by atoms with Crippen LogP contribution in [-0.2, 0) is 9.59 Å². The number of likely N-dealkylation sites (tertiary alicyclic amines) is 1. The van der Waals surface area contributed by atoms with Crippen LogP contribution in [0.3, 0.4) is 0 Å². The first-order chi connectivity index (χ1) is 12.0. The fourth-order valence-corrected chi connectivity index (χ4v) is 7.16. The molecule has 0 spiro atoms. The van der Waals surface area contributed by atoms with Gasteiger partial charge in [-0.05, 0) is 55.5 Å². The van der Waals surface area contributed by atoms with E-state index in [1.54, 1.807) is 0 Å². The zero-order chi connectivity index (χ0) is 17.6. The lowest BCUT2D eigenvalue weighted by molar-refractivity contribution is -0.128. The molecule has 0 bridgehead atoms. The average molecular weight is 362 g/mol. The SMILES string of the molecule is CC1CC(=O)C2C3CCC(CN4CCCCC4)SC3=CC2C(C)C1=O. The van der Waals surface area contributed by atoms with Gasteiger partial charge in [-0.2, -0.15) is 0 Å². The Bertz CT molecular complexity index is 580. The molecule has 2 aliphatic carbocycles. The second kappa shape index (κ2) is 7.19. The lowest BCUT2D eigenvalue weighted by atomic mass is 9.77. The number of carbonyl (C=O) groups is 2. The maximum Gasteiger partial charge on any atom is 0.139 e. The number of Topliss-reactive ketones (excluding diaryl/α,β-unsaturated/α-hetero) is 2. The Kier molecular flexibility index (Phi) is 5.11. The van der Waals surface area contributed by atoms with Crippen molar-refractivity contribution in [1.82, 2.24) is 4.90 Å². The molecule has 3 fully saturated rings. The van der Waals surface area contributed by atoms with Crippen LogP contribution in [0, 0.1) is 29.6 Å². The fourth-order valence-electron chi connectivity index (χ4n) is 5.56. The molecule has 25 heavy (non-hydrogen) atoms. The zero-order valence-corrected chi connectivity index (χ0v) is 16.4. The van der Waals surface area contributed by atoms with E-state index >= 15 is 0 Å². The molecule has 0 amide bonds. The lowest BCUT2D eigenvalue weighted by Crippen LogP contribution is -2.37. The third-order valence-electron chi connectivity index (χ3n) is 6.97. The minimum atomic E-state index is -0.0898. The van der Waals surface area contributed by atoms with Crippen molar-refractivity contribution in [2.45, 2.75) is 57.6 Å². The summed E-state index contributed by atoms with van der Waals surface area (Å²) in [7, 11) is 0. The molecule has 4 aliphatic rings. The van der Waals surface area contributed by atoms with Gasteiger partial charge in [0.15, 0.2) is 0 Å². The van der Waals surface area contributed by atoms with Crippen molar-refractivity contribution >= 4 is 23.3 Å². The second-order valence-corrected chi connectivity index (χ2v) is 10.1. The lowest BCUT2D eigenvalue weighted by Gasteiger charge is -2.35. The Labute approximate surface area is 156 Å². The number of rotatable bonds is 2. The van der Waals surface area contributed by atoms with E-state index in [-0.39, 0.29) is 23.7 Å². The predicted molar refractivity (Wildman–Crippen MR) is 102 cm³/mol. The minimum Gasteiger partial charge on any atom is -0.302 e. The minimum absolute atomic E-state index is 0.00527. The van der Waals surface area contributed by atoms with E-state index < -0.39 is 0 Å². The van der Waals surface area contributed by atoms with Crippen LogP contribution < -0.4 is 0 Å². The number of piperidine rings is 1.